The van der Waals surface area contributed by atoms with Crippen molar-refractivity contribution in [1.82, 2.24) is 5.32 Å². The van der Waals surface area contributed by atoms with Gasteiger partial charge in [-0.25, -0.2) is 0 Å². The molecule has 2 N–H and O–H groups in total. The summed E-state index contributed by atoms with van der Waals surface area (Å²) in [5, 5.41) is 11.8. The quantitative estimate of drug-likeness (QED) is 0.534. The Bertz CT molecular complexity index is 418. The van der Waals surface area contributed by atoms with E-state index in [0.29, 0.717) is 26.3 Å². The van der Waals surface area contributed by atoms with Crippen molar-refractivity contribution in [3.63, 3.8) is 0 Å². The summed E-state index contributed by atoms with van der Waals surface area (Å²) in [6, 6.07) is 5.80. The highest BCUT2D eigenvalue weighted by Gasteiger charge is 2.04. The topological polar surface area (TPSA) is 50.7 Å². The number of nitrogens with one attached hydrogen (secondary N) is 1. The Morgan fingerprint density at radius 3 is 2.95 bits per heavy atom. The fraction of sp³-hybridized carbons (Fsp3) is 0.429. The van der Waals surface area contributed by atoms with Crippen molar-refractivity contribution in [3.8, 4) is 18.1 Å². The van der Waals surface area contributed by atoms with Crippen LogP contribution in [-0.2, 0) is 11.3 Å². The molecule has 0 radical (unpaired) electrons. The predicted molar refractivity (Wildman–Crippen MR) is 78.1 cm³/mol. The zero-order valence-electron chi connectivity index (χ0n) is 10.7. The van der Waals surface area contributed by atoms with Crippen LogP contribution in [0.1, 0.15) is 5.56 Å². The van der Waals surface area contributed by atoms with Crippen LogP contribution in [0.15, 0.2) is 22.7 Å². The van der Waals surface area contributed by atoms with Crippen LogP contribution in [0.25, 0.3) is 0 Å². The smallest absolute Gasteiger partial charge is 0.148 e. The summed E-state index contributed by atoms with van der Waals surface area (Å²) in [6.45, 7) is 2.62. The molecule has 1 rings (SSSR count). The minimum absolute atomic E-state index is 0.0513. The second-order valence-corrected chi connectivity index (χ2v) is 4.67. The largest absolute Gasteiger partial charge is 0.481 e. The normalized spacial score (nSPS) is 10.2. The molecule has 0 bridgehead atoms. The molecule has 0 spiro atoms. The molecule has 0 unspecified atom stereocenters. The molecule has 19 heavy (non-hydrogen) atoms. The van der Waals surface area contributed by atoms with Gasteiger partial charge in [0.25, 0.3) is 0 Å². The molecule has 0 aliphatic carbocycles. The molecule has 0 fully saturated rings. The van der Waals surface area contributed by atoms with Crippen LogP contribution in [0.3, 0.4) is 0 Å². The molecule has 5 heteroatoms. The third kappa shape index (κ3) is 6.60. The van der Waals surface area contributed by atoms with Gasteiger partial charge in [-0.2, -0.15) is 0 Å². The lowest BCUT2D eigenvalue weighted by Gasteiger charge is -2.11. The number of hydrogen-bond donors (Lipinski definition) is 2. The van der Waals surface area contributed by atoms with Crippen LogP contribution in [0.5, 0.6) is 5.75 Å². The first-order valence-electron chi connectivity index (χ1n) is 6.02. The minimum atomic E-state index is 0.0513. The number of hydrogen-bond acceptors (Lipinski definition) is 4. The molecule has 0 aliphatic rings. The van der Waals surface area contributed by atoms with Crippen molar-refractivity contribution in [2.75, 3.05) is 33.0 Å². The summed E-state index contributed by atoms with van der Waals surface area (Å²) in [6.07, 6.45) is 5.19. The zero-order chi connectivity index (χ0) is 13.9. The third-order valence-corrected chi connectivity index (χ3v) is 2.80. The van der Waals surface area contributed by atoms with E-state index < -0.39 is 0 Å². The van der Waals surface area contributed by atoms with Crippen molar-refractivity contribution in [3.05, 3.63) is 28.2 Å². The van der Waals surface area contributed by atoms with Crippen LogP contribution in [0, 0.1) is 12.3 Å². The molecule has 0 aliphatic heterocycles. The van der Waals surface area contributed by atoms with Crippen LogP contribution in [-0.4, -0.2) is 38.1 Å². The standard InChI is InChI=1S/C14H18BrNO3/c1-2-7-19-14-4-3-13(15)10-12(14)11-16-5-8-18-9-6-17/h1,3-4,10,16-17H,5-9,11H2. The highest BCUT2D eigenvalue weighted by Crippen LogP contribution is 2.23. The summed E-state index contributed by atoms with van der Waals surface area (Å²) < 4.78 is 11.6. The van der Waals surface area contributed by atoms with E-state index in [1.165, 1.54) is 0 Å². The Labute approximate surface area is 122 Å². The Morgan fingerprint density at radius 1 is 1.37 bits per heavy atom. The lowest BCUT2D eigenvalue weighted by molar-refractivity contribution is 0.0937. The maximum Gasteiger partial charge on any atom is 0.148 e. The average Bonchev–Trinajstić information content (AvgIpc) is 2.42. The van der Waals surface area contributed by atoms with Gasteiger partial charge in [-0.15, -0.1) is 6.42 Å². The first-order valence-corrected chi connectivity index (χ1v) is 6.81. The number of terminal acetylenes is 1. The molecule has 0 atom stereocenters. The Kier molecular flexibility index (Phi) is 8.26. The SMILES string of the molecule is C#CCOc1ccc(Br)cc1CNCCOCCO. The first kappa shape index (κ1) is 16.0. The van der Waals surface area contributed by atoms with E-state index in [2.05, 4.69) is 27.2 Å². The lowest BCUT2D eigenvalue weighted by atomic mass is 10.2. The second-order valence-electron chi connectivity index (χ2n) is 3.76. The number of aliphatic hydroxyl groups is 1. The summed E-state index contributed by atoms with van der Waals surface area (Å²) >= 11 is 3.43. The van der Waals surface area contributed by atoms with E-state index >= 15 is 0 Å². The molecular formula is C14H18BrNO3. The summed E-state index contributed by atoms with van der Waals surface area (Å²) in [4.78, 5) is 0. The van der Waals surface area contributed by atoms with Gasteiger partial charge in [0.1, 0.15) is 12.4 Å². The van der Waals surface area contributed by atoms with E-state index in [9.17, 15) is 0 Å². The van der Waals surface area contributed by atoms with E-state index in [0.717, 1.165) is 15.8 Å². The number of halogens is 1. The number of aliphatic hydroxyl groups excluding tert-OH is 1. The van der Waals surface area contributed by atoms with Gasteiger partial charge in [0, 0.05) is 23.1 Å². The highest BCUT2D eigenvalue weighted by atomic mass is 79.9. The first-order chi connectivity index (χ1) is 9.27. The monoisotopic (exact) mass is 327 g/mol. The third-order valence-electron chi connectivity index (χ3n) is 2.31. The van der Waals surface area contributed by atoms with Crippen LogP contribution in [0.4, 0.5) is 0 Å². The molecular weight excluding hydrogens is 310 g/mol. The van der Waals surface area contributed by atoms with Crippen molar-refractivity contribution in [2.24, 2.45) is 0 Å². The zero-order valence-corrected chi connectivity index (χ0v) is 12.3. The fourth-order valence-corrected chi connectivity index (χ4v) is 1.89. The van der Waals surface area contributed by atoms with Gasteiger partial charge in [0.2, 0.25) is 0 Å². The molecule has 4 nitrogen and oxygen atoms in total. The van der Waals surface area contributed by atoms with Crippen molar-refractivity contribution < 1.29 is 14.6 Å². The molecule has 0 saturated heterocycles. The Morgan fingerprint density at radius 2 is 2.21 bits per heavy atom. The van der Waals surface area contributed by atoms with E-state index in [-0.39, 0.29) is 13.2 Å². The highest BCUT2D eigenvalue weighted by molar-refractivity contribution is 9.10. The molecule has 1 aromatic rings. The summed E-state index contributed by atoms with van der Waals surface area (Å²) in [5.74, 6) is 3.23. The number of ether oxygens (including phenoxy) is 2. The van der Waals surface area contributed by atoms with Gasteiger partial charge < -0.3 is 19.9 Å². The Balaban J connectivity index is 2.42. The molecule has 0 amide bonds. The maximum atomic E-state index is 8.57. The predicted octanol–water partition coefficient (Wildman–Crippen LogP) is 1.56. The Hall–Kier alpha value is -1.06. The van der Waals surface area contributed by atoms with Gasteiger partial charge in [-0.05, 0) is 18.2 Å². The van der Waals surface area contributed by atoms with Crippen LogP contribution < -0.4 is 10.1 Å². The van der Waals surface area contributed by atoms with Gasteiger partial charge in [0.15, 0.2) is 0 Å². The molecule has 0 aromatic heterocycles. The van der Waals surface area contributed by atoms with E-state index in [1.807, 2.05) is 18.2 Å². The lowest BCUT2D eigenvalue weighted by Crippen LogP contribution is -2.20. The second kappa shape index (κ2) is 9.82. The molecule has 0 saturated carbocycles. The van der Waals surface area contributed by atoms with E-state index in [1.54, 1.807) is 0 Å². The van der Waals surface area contributed by atoms with Crippen LogP contribution >= 0.6 is 15.9 Å². The van der Waals surface area contributed by atoms with Gasteiger partial charge >= 0.3 is 0 Å². The van der Waals surface area contributed by atoms with Crippen molar-refractivity contribution in [2.45, 2.75) is 6.54 Å². The van der Waals surface area contributed by atoms with Crippen molar-refractivity contribution >= 4 is 15.9 Å². The summed E-state index contributed by atoms with van der Waals surface area (Å²) in [7, 11) is 0. The van der Waals surface area contributed by atoms with Crippen LogP contribution in [0.2, 0.25) is 0 Å². The molecule has 0 heterocycles. The number of benzene rings is 1. The minimum Gasteiger partial charge on any atom is -0.481 e. The number of rotatable bonds is 9. The fourth-order valence-electron chi connectivity index (χ4n) is 1.48. The van der Waals surface area contributed by atoms with Gasteiger partial charge in [0.05, 0.1) is 19.8 Å². The molecule has 104 valence electrons. The van der Waals surface area contributed by atoms with Crippen molar-refractivity contribution in [1.29, 1.82) is 0 Å². The average molecular weight is 328 g/mol. The summed E-state index contributed by atoms with van der Waals surface area (Å²) in [5.41, 5.74) is 1.03. The molecule has 1 aromatic carbocycles. The van der Waals surface area contributed by atoms with Gasteiger partial charge in [-0.3, -0.25) is 0 Å². The van der Waals surface area contributed by atoms with E-state index in [4.69, 9.17) is 21.0 Å². The van der Waals surface area contributed by atoms with Gasteiger partial charge in [-0.1, -0.05) is 21.9 Å². The maximum absolute atomic E-state index is 8.57.